The zero-order valence-corrected chi connectivity index (χ0v) is 21.1. The van der Waals surface area contributed by atoms with E-state index in [0.29, 0.717) is 22.3 Å². The second-order valence-electron chi connectivity index (χ2n) is 8.39. The van der Waals surface area contributed by atoms with Gasteiger partial charge in [0.25, 0.3) is 0 Å². The van der Waals surface area contributed by atoms with Gasteiger partial charge < -0.3 is 34.5 Å². The van der Waals surface area contributed by atoms with Crippen LogP contribution in [0.2, 0.25) is 0 Å². The van der Waals surface area contributed by atoms with Crippen LogP contribution in [-0.2, 0) is 20.7 Å². The van der Waals surface area contributed by atoms with E-state index in [0.717, 1.165) is 11.3 Å². The lowest BCUT2D eigenvalue weighted by molar-refractivity contribution is -0.125. The van der Waals surface area contributed by atoms with E-state index < -0.39 is 5.63 Å². The summed E-state index contributed by atoms with van der Waals surface area (Å²) in [7, 11) is 5.24. The van der Waals surface area contributed by atoms with Gasteiger partial charge in [-0.1, -0.05) is 18.2 Å². The number of benzene rings is 2. The molecular weight excluding hydrogens is 478 g/mol. The van der Waals surface area contributed by atoms with Crippen LogP contribution in [0.3, 0.4) is 0 Å². The fraction of sp³-hybridized carbons (Fsp3) is 0.296. The molecule has 2 aromatic carbocycles. The number of anilines is 1. The Morgan fingerprint density at radius 2 is 1.81 bits per heavy atom. The molecule has 0 aliphatic heterocycles. The van der Waals surface area contributed by atoms with Crippen molar-refractivity contribution in [1.82, 2.24) is 10.6 Å². The summed E-state index contributed by atoms with van der Waals surface area (Å²) in [5.74, 6) is -0.151. The minimum atomic E-state index is -0.517. The number of hydrogen-bond donors (Lipinski definition) is 3. The van der Waals surface area contributed by atoms with Gasteiger partial charge in [-0.05, 0) is 35.4 Å². The summed E-state index contributed by atoms with van der Waals surface area (Å²) < 4.78 is 15.7. The molecule has 0 unspecified atom stereocenters. The quantitative estimate of drug-likeness (QED) is 0.250. The molecule has 0 saturated carbocycles. The molecule has 10 heteroatoms. The predicted octanol–water partition coefficient (Wildman–Crippen LogP) is 2.08. The van der Waals surface area contributed by atoms with Crippen LogP contribution in [0.25, 0.3) is 17.0 Å². The lowest BCUT2D eigenvalue weighted by Gasteiger charge is -2.13. The molecule has 196 valence electrons. The van der Waals surface area contributed by atoms with Crippen LogP contribution in [0.15, 0.2) is 57.8 Å². The minimum Gasteiger partial charge on any atom is -0.504 e. The smallest absolute Gasteiger partial charge is 0.336 e. The number of methoxy groups -OCH3 is 1. The van der Waals surface area contributed by atoms with Crippen molar-refractivity contribution in [3.8, 4) is 11.5 Å². The molecule has 3 rings (SSSR count). The zero-order chi connectivity index (χ0) is 26.8. The highest BCUT2D eigenvalue weighted by Crippen LogP contribution is 2.26. The molecule has 3 N–H and O–H groups in total. The molecule has 0 radical (unpaired) electrons. The average molecular weight is 510 g/mol. The molecule has 0 aliphatic rings. The van der Waals surface area contributed by atoms with Crippen LogP contribution in [0.4, 0.5) is 5.69 Å². The van der Waals surface area contributed by atoms with Gasteiger partial charge in [-0.3, -0.25) is 9.59 Å². The molecule has 37 heavy (non-hydrogen) atoms. The molecule has 0 bridgehead atoms. The molecule has 0 saturated heterocycles. The highest BCUT2D eigenvalue weighted by atomic mass is 16.5. The Morgan fingerprint density at radius 1 is 1.05 bits per heavy atom. The van der Waals surface area contributed by atoms with Crippen molar-refractivity contribution < 1.29 is 28.6 Å². The summed E-state index contributed by atoms with van der Waals surface area (Å²) in [6, 6.07) is 11.7. The van der Waals surface area contributed by atoms with Crippen molar-refractivity contribution in [3.63, 3.8) is 0 Å². The average Bonchev–Trinajstić information content (AvgIpc) is 2.86. The first-order valence-corrected chi connectivity index (χ1v) is 11.7. The number of ether oxygens (including phenoxy) is 2. The lowest BCUT2D eigenvalue weighted by Crippen LogP contribution is -2.36. The maximum Gasteiger partial charge on any atom is 0.336 e. The summed E-state index contributed by atoms with van der Waals surface area (Å²) >= 11 is 0. The summed E-state index contributed by atoms with van der Waals surface area (Å²) in [4.78, 5) is 38.2. The second-order valence-corrected chi connectivity index (χ2v) is 8.39. The van der Waals surface area contributed by atoms with Crippen molar-refractivity contribution >= 4 is 34.5 Å². The normalized spacial score (nSPS) is 11.0. The first-order chi connectivity index (χ1) is 17.8. The van der Waals surface area contributed by atoms with Gasteiger partial charge in [-0.2, -0.15) is 0 Å². The fourth-order valence-electron chi connectivity index (χ4n) is 3.54. The number of amides is 2. The van der Waals surface area contributed by atoms with Crippen molar-refractivity contribution in [1.29, 1.82) is 0 Å². The van der Waals surface area contributed by atoms with Gasteiger partial charge in [0.2, 0.25) is 11.8 Å². The lowest BCUT2D eigenvalue weighted by atomic mass is 10.1. The molecule has 0 spiro atoms. The SMILES string of the molecule is COc1cc(/C=C/COCC(=O)NCCNC(=O)Cc2cc(=O)oc3cc(N(C)C)ccc23)ccc1O. The first-order valence-electron chi connectivity index (χ1n) is 11.7. The number of rotatable bonds is 12. The molecule has 10 nitrogen and oxygen atoms in total. The number of carbonyl (C=O) groups excluding carboxylic acids is 2. The van der Waals surface area contributed by atoms with Gasteiger partial charge in [0.1, 0.15) is 12.2 Å². The molecule has 3 aromatic rings. The van der Waals surface area contributed by atoms with Crippen molar-refractivity contribution in [3.05, 3.63) is 70.1 Å². The van der Waals surface area contributed by atoms with E-state index >= 15 is 0 Å². The standard InChI is InChI=1S/C27H31N3O7/c1-30(2)20-7-8-21-19(15-27(34)37-23(21)16-20)14-25(32)28-10-11-29-26(33)17-36-12-4-5-18-6-9-22(31)24(13-18)35-3/h4-9,13,15-16,31H,10-12,14,17H2,1-3H3,(H,28,32)(H,29,33)/b5-4+. The highest BCUT2D eigenvalue weighted by Gasteiger charge is 2.11. The number of hydrogen-bond acceptors (Lipinski definition) is 8. The third kappa shape index (κ3) is 8.11. The number of phenols is 1. The molecule has 0 fully saturated rings. The minimum absolute atomic E-state index is 0.0136. The monoisotopic (exact) mass is 509 g/mol. The predicted molar refractivity (Wildman–Crippen MR) is 141 cm³/mol. The van der Waals surface area contributed by atoms with Crippen LogP contribution in [0, 0.1) is 0 Å². The Kier molecular flexibility index (Phi) is 9.68. The van der Waals surface area contributed by atoms with Crippen LogP contribution in [-0.4, -0.2) is 64.4 Å². The van der Waals surface area contributed by atoms with E-state index in [9.17, 15) is 19.5 Å². The summed E-state index contributed by atoms with van der Waals surface area (Å²) in [5.41, 5.74) is 2.18. The Hall–Kier alpha value is -4.31. The van der Waals surface area contributed by atoms with Gasteiger partial charge in [0, 0.05) is 50.4 Å². The number of fused-ring (bicyclic) bond motifs is 1. The van der Waals surface area contributed by atoms with Gasteiger partial charge in [-0.15, -0.1) is 0 Å². The summed E-state index contributed by atoms with van der Waals surface area (Å²) in [5, 5.41) is 15.7. The van der Waals surface area contributed by atoms with E-state index in [4.69, 9.17) is 13.9 Å². The van der Waals surface area contributed by atoms with Crippen LogP contribution in [0.5, 0.6) is 11.5 Å². The zero-order valence-electron chi connectivity index (χ0n) is 21.1. The molecule has 0 atom stereocenters. The second kappa shape index (κ2) is 13.1. The molecule has 1 heterocycles. The van der Waals surface area contributed by atoms with E-state index in [1.54, 1.807) is 30.4 Å². The molecular formula is C27H31N3O7. The number of aromatic hydroxyl groups is 1. The summed E-state index contributed by atoms with van der Waals surface area (Å²) in [6.45, 7) is 0.568. The number of nitrogens with one attached hydrogen (secondary N) is 2. The molecule has 1 aromatic heterocycles. The molecule has 2 amide bonds. The van der Waals surface area contributed by atoms with Crippen LogP contribution in [0.1, 0.15) is 11.1 Å². The Morgan fingerprint density at radius 3 is 2.54 bits per heavy atom. The maximum atomic E-state index is 12.4. The van der Waals surface area contributed by atoms with E-state index in [1.807, 2.05) is 31.1 Å². The number of phenolic OH excluding ortho intramolecular Hbond substituents is 1. The third-order valence-electron chi connectivity index (χ3n) is 5.41. The van der Waals surface area contributed by atoms with Crippen molar-refractivity contribution in [2.24, 2.45) is 0 Å². The number of carbonyl (C=O) groups is 2. The largest absolute Gasteiger partial charge is 0.504 e. The highest BCUT2D eigenvalue weighted by molar-refractivity contribution is 5.88. The number of nitrogens with zero attached hydrogens (tertiary/aromatic N) is 1. The Bertz CT molecular complexity index is 1330. The molecule has 0 aliphatic carbocycles. The van der Waals surface area contributed by atoms with E-state index in [1.165, 1.54) is 19.2 Å². The van der Waals surface area contributed by atoms with Crippen LogP contribution < -0.4 is 25.9 Å². The first kappa shape index (κ1) is 27.3. The van der Waals surface area contributed by atoms with Gasteiger partial charge >= 0.3 is 5.63 Å². The van der Waals surface area contributed by atoms with Gasteiger partial charge in [0.15, 0.2) is 11.5 Å². The topological polar surface area (TPSA) is 130 Å². The summed E-state index contributed by atoms with van der Waals surface area (Å²) in [6.07, 6.45) is 3.55. The van der Waals surface area contributed by atoms with Crippen molar-refractivity contribution in [2.45, 2.75) is 6.42 Å². The van der Waals surface area contributed by atoms with E-state index in [-0.39, 0.29) is 50.3 Å². The Labute approximate surface area is 214 Å². The van der Waals surface area contributed by atoms with Gasteiger partial charge in [-0.25, -0.2) is 4.79 Å². The van der Waals surface area contributed by atoms with E-state index in [2.05, 4.69) is 10.6 Å². The fourth-order valence-corrected chi connectivity index (χ4v) is 3.54. The Balaban J connectivity index is 1.37. The maximum absolute atomic E-state index is 12.4. The van der Waals surface area contributed by atoms with Gasteiger partial charge in [0.05, 0.1) is 20.1 Å². The van der Waals surface area contributed by atoms with Crippen LogP contribution >= 0.6 is 0 Å². The van der Waals surface area contributed by atoms with Crippen molar-refractivity contribution in [2.75, 3.05) is 52.4 Å². The third-order valence-corrected chi connectivity index (χ3v) is 5.41.